The Labute approximate surface area is 186 Å². The molecule has 3 heterocycles. The van der Waals surface area contributed by atoms with Crippen LogP contribution in [0.3, 0.4) is 0 Å². The fraction of sp³-hybridized carbons (Fsp3) is 0.400. The molecular weight excluding hydrogens is 438 g/mol. The van der Waals surface area contributed by atoms with Crippen molar-refractivity contribution >= 4 is 35.5 Å². The van der Waals surface area contributed by atoms with Gasteiger partial charge in [0.1, 0.15) is 6.04 Å². The number of nitrogens with one attached hydrogen (secondary N) is 2. The first-order chi connectivity index (χ1) is 15.6. The van der Waals surface area contributed by atoms with Gasteiger partial charge < -0.3 is 31.1 Å². The zero-order valence-electron chi connectivity index (χ0n) is 17.1. The average molecular weight is 459 g/mol. The van der Waals surface area contributed by atoms with Crippen LogP contribution in [0.5, 0.6) is 0 Å². The van der Waals surface area contributed by atoms with Gasteiger partial charge in [0, 0.05) is 12.0 Å². The van der Waals surface area contributed by atoms with Crippen molar-refractivity contribution in [2.24, 2.45) is 15.7 Å². The number of nitrogens with two attached hydrogens (primary N) is 1. The quantitative estimate of drug-likeness (QED) is 0.233. The highest BCUT2D eigenvalue weighted by molar-refractivity contribution is 6.26. The number of carbonyl (C=O) groups is 4. The van der Waals surface area contributed by atoms with Gasteiger partial charge in [-0.25, -0.2) is 9.79 Å². The molecule has 1 aromatic rings. The zero-order chi connectivity index (χ0) is 24.0. The Morgan fingerprint density at radius 2 is 1.94 bits per heavy atom. The second kappa shape index (κ2) is 7.94. The standard InChI is InChI=1S/C20H21N5O8/c21-18-24-15-20(17(32)25-18)19(33-20,16(31)23-15)8-7-9-1-3-10(4-2-9)13(28)22-11(14(29)30)5-6-12(26)27/h1-4,11,16,31H,5-8H2,(H,22,28)(H,26,27)(H,29,30)(H3,21,23,24,25,32)/t11-,16?,19?,20?/m0/s1. The Balaban J connectivity index is 1.38. The molecule has 1 aromatic carbocycles. The Morgan fingerprint density at radius 1 is 1.24 bits per heavy atom. The summed E-state index contributed by atoms with van der Waals surface area (Å²) in [5, 5.41) is 33.0. The van der Waals surface area contributed by atoms with Gasteiger partial charge in [0.25, 0.3) is 11.8 Å². The van der Waals surface area contributed by atoms with Crippen LogP contribution in [-0.4, -0.2) is 74.3 Å². The minimum absolute atomic E-state index is 0.0409. The highest BCUT2D eigenvalue weighted by atomic mass is 16.7. The second-order valence-electron chi connectivity index (χ2n) is 7.94. The van der Waals surface area contributed by atoms with Crippen LogP contribution in [-0.2, 0) is 25.5 Å². The van der Waals surface area contributed by atoms with Gasteiger partial charge in [-0.05, 0) is 37.0 Å². The van der Waals surface area contributed by atoms with Gasteiger partial charge in [-0.1, -0.05) is 12.1 Å². The maximum atomic E-state index is 12.4. The predicted molar refractivity (Wildman–Crippen MR) is 110 cm³/mol. The first kappa shape index (κ1) is 22.4. The van der Waals surface area contributed by atoms with Crippen molar-refractivity contribution in [3.63, 3.8) is 0 Å². The molecule has 3 aliphatic heterocycles. The minimum atomic E-state index is -1.46. The first-order valence-corrected chi connectivity index (χ1v) is 10.1. The molecule has 0 saturated carbocycles. The molecule has 0 bridgehead atoms. The highest BCUT2D eigenvalue weighted by Gasteiger charge is 2.84. The smallest absolute Gasteiger partial charge is 0.326 e. The molecule has 4 atom stereocenters. The molecule has 0 aromatic heterocycles. The van der Waals surface area contributed by atoms with E-state index in [4.69, 9.17) is 15.6 Å². The lowest BCUT2D eigenvalue weighted by atomic mass is 9.86. The largest absolute Gasteiger partial charge is 0.481 e. The third-order valence-electron chi connectivity index (χ3n) is 5.91. The van der Waals surface area contributed by atoms with E-state index in [9.17, 15) is 29.4 Å². The molecule has 1 spiro atoms. The number of amidine groups is 1. The van der Waals surface area contributed by atoms with E-state index in [1.807, 2.05) is 0 Å². The fourth-order valence-corrected chi connectivity index (χ4v) is 4.10. The van der Waals surface area contributed by atoms with E-state index >= 15 is 0 Å². The van der Waals surface area contributed by atoms with Crippen molar-refractivity contribution in [1.82, 2.24) is 10.6 Å². The summed E-state index contributed by atoms with van der Waals surface area (Å²) in [4.78, 5) is 54.7. The molecule has 7 N–H and O–H groups in total. The zero-order valence-corrected chi connectivity index (χ0v) is 17.1. The number of carboxylic acids is 2. The normalized spacial score (nSPS) is 27.9. The lowest BCUT2D eigenvalue weighted by molar-refractivity contribution is -0.140. The molecule has 174 valence electrons. The molecule has 2 amide bonds. The van der Waals surface area contributed by atoms with Crippen LogP contribution < -0.4 is 16.4 Å². The number of carboxylic acid groups (broad SMARTS) is 2. The number of hydrogen-bond acceptors (Lipinski definition) is 9. The van der Waals surface area contributed by atoms with Crippen molar-refractivity contribution in [2.75, 3.05) is 0 Å². The molecule has 0 aliphatic carbocycles. The van der Waals surface area contributed by atoms with Gasteiger partial charge in [0.2, 0.25) is 11.6 Å². The Kier molecular flexibility index (Phi) is 5.38. The van der Waals surface area contributed by atoms with E-state index in [1.165, 1.54) is 12.1 Å². The summed E-state index contributed by atoms with van der Waals surface area (Å²) in [7, 11) is 0. The minimum Gasteiger partial charge on any atom is -0.481 e. The van der Waals surface area contributed by atoms with E-state index < -0.39 is 53.6 Å². The fourth-order valence-electron chi connectivity index (χ4n) is 4.10. The number of aliphatic hydroxyl groups excluding tert-OH is 1. The number of nitrogens with zero attached hydrogens (tertiary/aromatic N) is 2. The number of amides is 2. The number of aliphatic imine (C=N–C) groups is 2. The summed E-state index contributed by atoms with van der Waals surface area (Å²) in [6, 6.07) is 4.95. The summed E-state index contributed by atoms with van der Waals surface area (Å²) < 4.78 is 5.68. The number of rotatable bonds is 9. The van der Waals surface area contributed by atoms with Crippen LogP contribution in [0, 0.1) is 0 Å². The number of benzene rings is 1. The topological polar surface area (TPSA) is 216 Å². The van der Waals surface area contributed by atoms with E-state index in [2.05, 4.69) is 20.6 Å². The average Bonchev–Trinajstić information content (AvgIpc) is 3.38. The molecule has 13 nitrogen and oxygen atoms in total. The summed E-state index contributed by atoms with van der Waals surface area (Å²) in [5.74, 6) is -3.75. The monoisotopic (exact) mass is 459 g/mol. The van der Waals surface area contributed by atoms with Crippen LogP contribution in [0.4, 0.5) is 0 Å². The van der Waals surface area contributed by atoms with E-state index in [1.54, 1.807) is 12.1 Å². The van der Waals surface area contributed by atoms with Crippen LogP contribution >= 0.6 is 0 Å². The third-order valence-corrected chi connectivity index (χ3v) is 5.91. The highest BCUT2D eigenvalue weighted by Crippen LogP contribution is 2.59. The number of aliphatic carboxylic acids is 2. The molecule has 13 heteroatoms. The maximum absolute atomic E-state index is 12.4. The van der Waals surface area contributed by atoms with Gasteiger partial charge in [0.15, 0.2) is 17.7 Å². The molecule has 1 saturated heterocycles. The number of ether oxygens (including phenoxy) is 1. The van der Waals surface area contributed by atoms with Gasteiger partial charge in [-0.15, -0.1) is 0 Å². The Hall–Kier alpha value is -3.84. The van der Waals surface area contributed by atoms with Gasteiger partial charge in [0.05, 0.1) is 0 Å². The molecule has 3 unspecified atom stereocenters. The number of epoxide rings is 1. The maximum Gasteiger partial charge on any atom is 0.326 e. The summed E-state index contributed by atoms with van der Waals surface area (Å²) in [6.07, 6.45) is -1.29. The SMILES string of the molecule is NC1=NC2=NC(O)C3(CCc4ccc(C(=O)N[C@@H](CCC(=O)O)C(=O)O)cc4)OC23C(=O)N1. The summed E-state index contributed by atoms with van der Waals surface area (Å²) >= 11 is 0. The van der Waals surface area contributed by atoms with Crippen molar-refractivity contribution in [3.8, 4) is 0 Å². The molecule has 33 heavy (non-hydrogen) atoms. The number of carbonyl (C=O) groups excluding carboxylic acids is 2. The molecule has 3 aliphatic rings. The second-order valence-corrected chi connectivity index (χ2v) is 7.94. The Bertz CT molecular complexity index is 1100. The van der Waals surface area contributed by atoms with E-state index in [0.29, 0.717) is 6.42 Å². The molecule has 0 radical (unpaired) electrons. The molecule has 1 fully saturated rings. The number of aliphatic hydroxyl groups is 1. The predicted octanol–water partition coefficient (Wildman–Crippen LogP) is -1.65. The lowest BCUT2D eigenvalue weighted by Crippen LogP contribution is -2.55. The third kappa shape index (κ3) is 3.70. The van der Waals surface area contributed by atoms with Crippen LogP contribution in [0.25, 0.3) is 0 Å². The van der Waals surface area contributed by atoms with Gasteiger partial charge >= 0.3 is 11.9 Å². The number of aryl methyl sites for hydroxylation is 1. The van der Waals surface area contributed by atoms with E-state index in [-0.39, 0.29) is 30.2 Å². The van der Waals surface area contributed by atoms with Crippen molar-refractivity contribution in [3.05, 3.63) is 35.4 Å². The van der Waals surface area contributed by atoms with E-state index in [0.717, 1.165) is 5.56 Å². The van der Waals surface area contributed by atoms with Gasteiger partial charge in [-0.2, -0.15) is 4.99 Å². The first-order valence-electron chi connectivity index (χ1n) is 10.1. The van der Waals surface area contributed by atoms with Gasteiger partial charge in [-0.3, -0.25) is 19.7 Å². The lowest BCUT2D eigenvalue weighted by Gasteiger charge is -2.17. The Morgan fingerprint density at radius 3 is 2.58 bits per heavy atom. The van der Waals surface area contributed by atoms with Crippen molar-refractivity contribution in [1.29, 1.82) is 0 Å². The summed E-state index contributed by atoms with van der Waals surface area (Å²) in [6.45, 7) is 0. The van der Waals surface area contributed by atoms with Crippen LogP contribution in [0.2, 0.25) is 0 Å². The molecule has 4 rings (SSSR count). The van der Waals surface area contributed by atoms with Crippen LogP contribution in [0.15, 0.2) is 34.3 Å². The number of guanidine groups is 1. The summed E-state index contributed by atoms with van der Waals surface area (Å²) in [5.41, 5.74) is 3.80. The molecular formula is C20H21N5O8. The van der Waals surface area contributed by atoms with Crippen LogP contribution in [0.1, 0.15) is 35.2 Å². The van der Waals surface area contributed by atoms with Crippen molar-refractivity contribution < 1.29 is 39.2 Å². The number of hydrogen-bond donors (Lipinski definition) is 6. The van der Waals surface area contributed by atoms with Crippen molar-refractivity contribution in [2.45, 2.75) is 49.2 Å².